The first-order chi connectivity index (χ1) is 11.4. The fourth-order valence-electron chi connectivity index (χ4n) is 4.71. The van der Waals surface area contributed by atoms with Gasteiger partial charge in [-0.05, 0) is 61.3 Å². The molecule has 0 amide bonds. The highest BCUT2D eigenvalue weighted by molar-refractivity contribution is 6.05. The van der Waals surface area contributed by atoms with Crippen molar-refractivity contribution < 1.29 is 4.79 Å². The molecule has 0 saturated heterocycles. The van der Waals surface area contributed by atoms with E-state index in [1.54, 1.807) is 0 Å². The predicted molar refractivity (Wildman–Crippen MR) is 108 cm³/mol. The second-order valence-electron chi connectivity index (χ2n) is 9.82. The summed E-state index contributed by atoms with van der Waals surface area (Å²) in [4.78, 5) is 13.3. The Balaban J connectivity index is 2.59. The molecule has 0 bridgehead atoms. The van der Waals surface area contributed by atoms with Crippen molar-refractivity contribution in [3.8, 4) is 0 Å². The maximum absolute atomic E-state index is 13.3. The van der Waals surface area contributed by atoms with E-state index in [0.717, 1.165) is 18.4 Å². The normalized spacial score (nSPS) is 31.0. The zero-order valence-electron chi connectivity index (χ0n) is 17.9. The molecule has 25 heavy (non-hydrogen) atoms. The van der Waals surface area contributed by atoms with Crippen molar-refractivity contribution in [1.82, 2.24) is 0 Å². The van der Waals surface area contributed by atoms with Crippen molar-refractivity contribution in [2.75, 3.05) is 0 Å². The van der Waals surface area contributed by atoms with Crippen LogP contribution in [0.4, 0.5) is 0 Å². The lowest BCUT2D eigenvalue weighted by Crippen LogP contribution is -2.30. The van der Waals surface area contributed by atoms with Crippen molar-refractivity contribution in [3.05, 3.63) is 34.4 Å². The zero-order chi connectivity index (χ0) is 19.2. The molecule has 1 heteroatoms. The summed E-state index contributed by atoms with van der Waals surface area (Å²) in [5.74, 6) is 1.53. The van der Waals surface area contributed by atoms with Gasteiger partial charge in [0.1, 0.15) is 0 Å². The fraction of sp³-hybridized carbons (Fsp3) is 0.708. The molecule has 1 fully saturated rings. The molecule has 0 heterocycles. The summed E-state index contributed by atoms with van der Waals surface area (Å²) < 4.78 is 0. The van der Waals surface area contributed by atoms with E-state index in [0.29, 0.717) is 23.2 Å². The van der Waals surface area contributed by atoms with Gasteiger partial charge in [-0.15, -0.1) is 0 Å². The molecule has 3 atom stereocenters. The number of ketones is 1. The SMILES string of the molecule is CCC(C)C(/C1=C/C(C)=C(C)CC(C(C)C)=CC1=O)C1(C)CC1(C)C. The molecule has 0 radical (unpaired) electrons. The van der Waals surface area contributed by atoms with Crippen LogP contribution in [0.3, 0.4) is 0 Å². The van der Waals surface area contributed by atoms with Gasteiger partial charge in [-0.25, -0.2) is 0 Å². The minimum absolute atomic E-state index is 0.225. The first-order valence-electron chi connectivity index (χ1n) is 10.1. The highest BCUT2D eigenvalue weighted by Crippen LogP contribution is 2.70. The minimum Gasteiger partial charge on any atom is -0.290 e. The number of carbonyl (C=O) groups is 1. The van der Waals surface area contributed by atoms with Crippen molar-refractivity contribution in [1.29, 1.82) is 0 Å². The van der Waals surface area contributed by atoms with Gasteiger partial charge in [0.15, 0.2) is 5.78 Å². The van der Waals surface area contributed by atoms with Gasteiger partial charge in [0.25, 0.3) is 0 Å². The summed E-state index contributed by atoms with van der Waals surface area (Å²) in [5.41, 5.74) is 5.55. The largest absolute Gasteiger partial charge is 0.290 e. The molecular formula is C24H38O. The average Bonchev–Trinajstić information content (AvgIpc) is 3.02. The predicted octanol–water partition coefficient (Wildman–Crippen LogP) is 6.90. The molecule has 0 aromatic heterocycles. The molecule has 1 saturated carbocycles. The van der Waals surface area contributed by atoms with Gasteiger partial charge in [-0.1, -0.05) is 77.7 Å². The maximum Gasteiger partial charge on any atom is 0.182 e. The van der Waals surface area contributed by atoms with Crippen LogP contribution in [0.1, 0.15) is 81.6 Å². The summed E-state index contributed by atoms with van der Waals surface area (Å²) in [5, 5.41) is 0. The summed E-state index contributed by atoms with van der Waals surface area (Å²) in [6.45, 7) is 20.5. The van der Waals surface area contributed by atoms with Crippen molar-refractivity contribution >= 4 is 5.78 Å². The van der Waals surface area contributed by atoms with Crippen LogP contribution >= 0.6 is 0 Å². The van der Waals surface area contributed by atoms with Gasteiger partial charge in [-0.3, -0.25) is 4.79 Å². The van der Waals surface area contributed by atoms with E-state index < -0.39 is 0 Å². The smallest absolute Gasteiger partial charge is 0.182 e. The molecule has 3 unspecified atom stereocenters. The molecule has 2 rings (SSSR count). The molecule has 0 spiro atoms. The van der Waals surface area contributed by atoms with Crippen molar-refractivity contribution in [2.45, 2.75) is 81.6 Å². The minimum atomic E-state index is 0.225. The Morgan fingerprint density at radius 3 is 2.08 bits per heavy atom. The lowest BCUT2D eigenvalue weighted by atomic mass is 9.69. The summed E-state index contributed by atoms with van der Waals surface area (Å²) >= 11 is 0. The molecule has 140 valence electrons. The topological polar surface area (TPSA) is 17.1 Å². The Kier molecular flexibility index (Phi) is 5.57. The van der Waals surface area contributed by atoms with E-state index >= 15 is 0 Å². The monoisotopic (exact) mass is 342 g/mol. The lowest BCUT2D eigenvalue weighted by Gasteiger charge is -2.34. The van der Waals surface area contributed by atoms with Gasteiger partial charge < -0.3 is 0 Å². The first kappa shape index (κ1) is 20.2. The van der Waals surface area contributed by atoms with Crippen LogP contribution in [0, 0.1) is 28.6 Å². The number of hydrogen-bond acceptors (Lipinski definition) is 1. The van der Waals surface area contributed by atoms with Crippen molar-refractivity contribution in [2.24, 2.45) is 28.6 Å². The third-order valence-corrected chi connectivity index (χ3v) is 7.32. The number of hydrogen-bond donors (Lipinski definition) is 0. The van der Waals surface area contributed by atoms with E-state index in [1.165, 1.54) is 23.1 Å². The first-order valence-corrected chi connectivity index (χ1v) is 10.1. The maximum atomic E-state index is 13.3. The molecule has 0 N–H and O–H groups in total. The standard InChI is InChI=1S/C24H38O/c1-10-16(4)22(24(9)14-23(24,7)8)20-12-18(6)17(5)11-19(15(2)3)13-21(20)25/h12-13,15-16,22H,10-11,14H2,1-9H3/b18-17?,19-13?,20-12+. The van der Waals surface area contributed by atoms with E-state index in [1.807, 2.05) is 6.08 Å². The Bertz CT molecular complexity index is 641. The van der Waals surface area contributed by atoms with E-state index in [-0.39, 0.29) is 11.2 Å². The van der Waals surface area contributed by atoms with Crippen LogP contribution in [0.25, 0.3) is 0 Å². The molecule has 0 aromatic carbocycles. The number of rotatable bonds is 5. The zero-order valence-corrected chi connectivity index (χ0v) is 17.9. The van der Waals surface area contributed by atoms with E-state index in [4.69, 9.17) is 0 Å². The van der Waals surface area contributed by atoms with Crippen LogP contribution < -0.4 is 0 Å². The van der Waals surface area contributed by atoms with Gasteiger partial charge in [-0.2, -0.15) is 0 Å². The van der Waals surface area contributed by atoms with Crippen molar-refractivity contribution in [3.63, 3.8) is 0 Å². The van der Waals surface area contributed by atoms with Gasteiger partial charge in [0.2, 0.25) is 0 Å². The summed E-state index contributed by atoms with van der Waals surface area (Å²) in [7, 11) is 0. The second-order valence-corrected chi connectivity index (χ2v) is 9.82. The Morgan fingerprint density at radius 1 is 1.08 bits per heavy atom. The van der Waals surface area contributed by atoms with E-state index in [9.17, 15) is 4.79 Å². The Hall–Kier alpha value is -1.11. The molecule has 2 aliphatic carbocycles. The number of carbonyl (C=O) groups excluding carboxylic acids is 1. The molecule has 0 aromatic rings. The third kappa shape index (κ3) is 3.71. The van der Waals surface area contributed by atoms with Crippen LogP contribution in [0.15, 0.2) is 34.4 Å². The average molecular weight is 343 g/mol. The molecule has 0 aliphatic heterocycles. The van der Waals surface area contributed by atoms with Crippen LogP contribution in [-0.4, -0.2) is 5.78 Å². The highest BCUT2D eigenvalue weighted by Gasteiger charge is 2.63. The number of allylic oxidation sites excluding steroid dienone is 6. The van der Waals surface area contributed by atoms with Gasteiger partial charge in [0.05, 0.1) is 0 Å². The van der Waals surface area contributed by atoms with Gasteiger partial charge in [0, 0.05) is 5.57 Å². The van der Waals surface area contributed by atoms with E-state index in [2.05, 4.69) is 68.4 Å². The van der Waals surface area contributed by atoms with Gasteiger partial charge >= 0.3 is 0 Å². The quantitative estimate of drug-likeness (QED) is 0.531. The lowest BCUT2D eigenvalue weighted by molar-refractivity contribution is -0.112. The highest BCUT2D eigenvalue weighted by atomic mass is 16.1. The fourth-order valence-corrected chi connectivity index (χ4v) is 4.71. The third-order valence-electron chi connectivity index (χ3n) is 7.32. The molecular weight excluding hydrogens is 304 g/mol. The molecule has 2 aliphatic rings. The second kappa shape index (κ2) is 6.89. The summed E-state index contributed by atoms with van der Waals surface area (Å²) in [6.07, 6.45) is 7.43. The van der Waals surface area contributed by atoms with Crippen LogP contribution in [0.2, 0.25) is 0 Å². The summed E-state index contributed by atoms with van der Waals surface area (Å²) in [6, 6.07) is 0. The van der Waals surface area contributed by atoms with Crippen LogP contribution in [0.5, 0.6) is 0 Å². The Morgan fingerprint density at radius 2 is 1.64 bits per heavy atom. The van der Waals surface area contributed by atoms with Crippen LogP contribution in [-0.2, 0) is 4.79 Å². The Labute approximate surface area is 155 Å². The molecule has 1 nitrogen and oxygen atoms in total.